The summed E-state index contributed by atoms with van der Waals surface area (Å²) in [5.74, 6) is 1.00. The number of thioether (sulfide) groups is 1. The van der Waals surface area contributed by atoms with Crippen LogP contribution >= 0.6 is 11.8 Å². The van der Waals surface area contributed by atoms with Gasteiger partial charge in [-0.25, -0.2) is 4.98 Å². The normalized spacial score (nSPS) is 10.0. The van der Waals surface area contributed by atoms with Crippen LogP contribution in [0.15, 0.2) is 23.2 Å². The first-order valence-electron chi connectivity index (χ1n) is 5.74. The van der Waals surface area contributed by atoms with Crippen molar-refractivity contribution in [1.82, 2.24) is 4.98 Å². The van der Waals surface area contributed by atoms with Crippen LogP contribution in [0.3, 0.4) is 0 Å². The van der Waals surface area contributed by atoms with E-state index in [0.29, 0.717) is 12.4 Å². The third-order valence-corrected chi connectivity index (χ3v) is 2.92. The Morgan fingerprint density at radius 3 is 3.06 bits per heavy atom. The van der Waals surface area contributed by atoms with Crippen LogP contribution in [0.1, 0.15) is 20.3 Å². The van der Waals surface area contributed by atoms with Crippen LogP contribution in [-0.2, 0) is 9.53 Å². The van der Waals surface area contributed by atoms with Crippen molar-refractivity contribution in [2.75, 3.05) is 24.2 Å². The lowest BCUT2D eigenvalue weighted by atomic mass is 10.4. The summed E-state index contributed by atoms with van der Waals surface area (Å²) in [6, 6.07) is 3.83. The average Bonchev–Trinajstić information content (AvgIpc) is 2.35. The highest BCUT2D eigenvalue weighted by molar-refractivity contribution is 8.00. The third-order valence-electron chi connectivity index (χ3n) is 1.95. The molecule has 0 saturated heterocycles. The van der Waals surface area contributed by atoms with Crippen LogP contribution in [0.25, 0.3) is 0 Å². The molecule has 5 heteroatoms. The van der Waals surface area contributed by atoms with Crippen LogP contribution in [0.5, 0.6) is 0 Å². The predicted molar refractivity (Wildman–Crippen MR) is 70.4 cm³/mol. The first-order valence-corrected chi connectivity index (χ1v) is 6.73. The van der Waals surface area contributed by atoms with Crippen LogP contribution in [-0.4, -0.2) is 29.9 Å². The second-order valence-electron chi connectivity index (χ2n) is 3.40. The van der Waals surface area contributed by atoms with Crippen molar-refractivity contribution in [2.45, 2.75) is 25.2 Å². The first-order chi connectivity index (χ1) is 8.26. The summed E-state index contributed by atoms with van der Waals surface area (Å²) in [7, 11) is 0. The van der Waals surface area contributed by atoms with Gasteiger partial charge in [0.1, 0.15) is 5.82 Å². The number of nitrogens with one attached hydrogen (secondary N) is 1. The van der Waals surface area contributed by atoms with Gasteiger partial charge in [0.25, 0.3) is 0 Å². The molecule has 0 bridgehead atoms. The summed E-state index contributed by atoms with van der Waals surface area (Å²) in [5, 5.41) is 3.21. The van der Waals surface area contributed by atoms with Crippen LogP contribution in [0.4, 0.5) is 5.82 Å². The molecule has 1 rings (SSSR count). The van der Waals surface area contributed by atoms with Crippen LogP contribution in [0, 0.1) is 0 Å². The number of anilines is 1. The van der Waals surface area contributed by atoms with Gasteiger partial charge in [0.2, 0.25) is 0 Å². The highest BCUT2D eigenvalue weighted by Crippen LogP contribution is 2.19. The van der Waals surface area contributed by atoms with E-state index in [2.05, 4.69) is 17.2 Å². The van der Waals surface area contributed by atoms with Crippen LogP contribution in [0.2, 0.25) is 0 Å². The molecule has 0 aromatic carbocycles. The van der Waals surface area contributed by atoms with Gasteiger partial charge in [-0.3, -0.25) is 4.79 Å². The number of carbonyl (C=O) groups is 1. The zero-order valence-electron chi connectivity index (χ0n) is 10.2. The van der Waals surface area contributed by atoms with Crippen molar-refractivity contribution in [3.8, 4) is 0 Å². The van der Waals surface area contributed by atoms with Crippen molar-refractivity contribution >= 4 is 23.5 Å². The Labute approximate surface area is 106 Å². The summed E-state index contributed by atoms with van der Waals surface area (Å²) in [6.45, 7) is 5.24. The van der Waals surface area contributed by atoms with Gasteiger partial charge in [-0.15, -0.1) is 11.8 Å². The fourth-order valence-electron chi connectivity index (χ4n) is 1.20. The van der Waals surface area contributed by atoms with Gasteiger partial charge in [0, 0.05) is 17.6 Å². The monoisotopic (exact) mass is 254 g/mol. The fourth-order valence-corrected chi connectivity index (χ4v) is 1.92. The molecular weight excluding hydrogens is 236 g/mol. The molecule has 0 atom stereocenters. The molecule has 4 nitrogen and oxygen atoms in total. The van der Waals surface area contributed by atoms with Gasteiger partial charge in [-0.1, -0.05) is 6.92 Å². The van der Waals surface area contributed by atoms with E-state index < -0.39 is 0 Å². The lowest BCUT2D eigenvalue weighted by Crippen LogP contribution is -2.06. The number of ether oxygens (including phenoxy) is 1. The van der Waals surface area contributed by atoms with E-state index in [4.69, 9.17) is 4.74 Å². The maximum absolute atomic E-state index is 11.2. The molecule has 1 aromatic rings. The molecule has 0 amide bonds. The number of rotatable bonds is 7. The van der Waals surface area contributed by atoms with Crippen molar-refractivity contribution < 1.29 is 9.53 Å². The van der Waals surface area contributed by atoms with E-state index in [1.54, 1.807) is 6.20 Å². The lowest BCUT2D eigenvalue weighted by Gasteiger charge is -2.06. The van der Waals surface area contributed by atoms with Crippen molar-refractivity contribution in [2.24, 2.45) is 0 Å². The topological polar surface area (TPSA) is 51.2 Å². The van der Waals surface area contributed by atoms with Crippen molar-refractivity contribution in [3.05, 3.63) is 18.3 Å². The minimum absolute atomic E-state index is 0.183. The zero-order chi connectivity index (χ0) is 12.5. The van der Waals surface area contributed by atoms with E-state index in [1.807, 2.05) is 19.1 Å². The molecule has 0 unspecified atom stereocenters. The standard InChI is InChI=1S/C12H18N2O2S/c1-3-6-13-11-8-10(5-7-14-11)17-9-12(15)16-4-2/h5,7-8H,3-4,6,9H2,1-2H3,(H,13,14). The number of carbonyl (C=O) groups excluding carboxylic acids is 1. The average molecular weight is 254 g/mol. The van der Waals surface area contributed by atoms with E-state index in [-0.39, 0.29) is 5.97 Å². The minimum Gasteiger partial charge on any atom is -0.465 e. The molecule has 0 spiro atoms. The molecule has 17 heavy (non-hydrogen) atoms. The van der Waals surface area contributed by atoms with Gasteiger partial charge in [0.05, 0.1) is 12.4 Å². The number of hydrogen-bond donors (Lipinski definition) is 1. The SMILES string of the molecule is CCCNc1cc(SCC(=O)OCC)ccn1. The summed E-state index contributed by atoms with van der Waals surface area (Å²) in [5.41, 5.74) is 0. The predicted octanol–water partition coefficient (Wildman–Crippen LogP) is 2.56. The molecule has 1 aromatic heterocycles. The molecular formula is C12H18N2O2S. The van der Waals surface area contributed by atoms with Gasteiger partial charge in [-0.2, -0.15) is 0 Å². The highest BCUT2D eigenvalue weighted by Gasteiger charge is 2.03. The first kappa shape index (κ1) is 13.8. The largest absolute Gasteiger partial charge is 0.465 e. The second kappa shape index (κ2) is 7.95. The quantitative estimate of drug-likeness (QED) is 0.598. The van der Waals surface area contributed by atoms with E-state index in [0.717, 1.165) is 23.7 Å². The summed E-state index contributed by atoms with van der Waals surface area (Å²) in [6.07, 6.45) is 2.80. The fraction of sp³-hybridized carbons (Fsp3) is 0.500. The Hall–Kier alpha value is -1.23. The summed E-state index contributed by atoms with van der Waals surface area (Å²) < 4.78 is 4.87. The lowest BCUT2D eigenvalue weighted by molar-refractivity contribution is -0.139. The highest BCUT2D eigenvalue weighted by atomic mass is 32.2. The number of hydrogen-bond acceptors (Lipinski definition) is 5. The minimum atomic E-state index is -0.183. The molecule has 0 aliphatic heterocycles. The Morgan fingerprint density at radius 2 is 2.35 bits per heavy atom. The van der Waals surface area contributed by atoms with Crippen molar-refractivity contribution in [3.63, 3.8) is 0 Å². The van der Waals surface area contributed by atoms with Crippen molar-refractivity contribution in [1.29, 1.82) is 0 Å². The Morgan fingerprint density at radius 1 is 1.53 bits per heavy atom. The Kier molecular flexibility index (Phi) is 6.47. The van der Waals surface area contributed by atoms with Crippen LogP contribution < -0.4 is 5.32 Å². The maximum atomic E-state index is 11.2. The molecule has 94 valence electrons. The molecule has 0 radical (unpaired) electrons. The van der Waals surface area contributed by atoms with E-state index in [9.17, 15) is 4.79 Å². The summed E-state index contributed by atoms with van der Waals surface area (Å²) >= 11 is 1.46. The summed E-state index contributed by atoms with van der Waals surface area (Å²) in [4.78, 5) is 16.4. The molecule has 1 heterocycles. The Balaban J connectivity index is 2.45. The smallest absolute Gasteiger partial charge is 0.316 e. The Bertz CT molecular complexity index is 358. The number of pyridine rings is 1. The van der Waals surface area contributed by atoms with Gasteiger partial charge in [-0.05, 0) is 25.5 Å². The van der Waals surface area contributed by atoms with Gasteiger partial charge in [0.15, 0.2) is 0 Å². The third kappa shape index (κ3) is 5.58. The number of aromatic nitrogens is 1. The van der Waals surface area contributed by atoms with Gasteiger partial charge < -0.3 is 10.1 Å². The van der Waals surface area contributed by atoms with Gasteiger partial charge >= 0.3 is 5.97 Å². The second-order valence-corrected chi connectivity index (χ2v) is 4.45. The number of nitrogens with zero attached hydrogens (tertiary/aromatic N) is 1. The zero-order valence-corrected chi connectivity index (χ0v) is 11.0. The molecule has 0 saturated carbocycles. The molecule has 0 fully saturated rings. The molecule has 0 aliphatic carbocycles. The molecule has 0 aliphatic rings. The molecule has 1 N–H and O–H groups in total. The van der Waals surface area contributed by atoms with E-state index in [1.165, 1.54) is 11.8 Å². The maximum Gasteiger partial charge on any atom is 0.316 e. The van der Waals surface area contributed by atoms with E-state index >= 15 is 0 Å². The number of esters is 1.